The van der Waals surface area contributed by atoms with Crippen LogP contribution in [0.3, 0.4) is 0 Å². The molecule has 1 N–H and O–H groups in total. The van der Waals surface area contributed by atoms with Crippen LogP contribution in [0.15, 0.2) is 0 Å². The molecule has 0 spiro atoms. The van der Waals surface area contributed by atoms with Crippen LogP contribution in [0.25, 0.3) is 0 Å². The number of rotatable bonds is 2. The molecule has 0 atom stereocenters. The fraction of sp³-hybridized carbons (Fsp3) is 0.636. The topological polar surface area (TPSA) is 60.1 Å². The highest BCUT2D eigenvalue weighted by molar-refractivity contribution is 5.33. The molecular formula is C11H14N2O2. The van der Waals surface area contributed by atoms with Gasteiger partial charge in [0.05, 0.1) is 5.92 Å². The van der Waals surface area contributed by atoms with E-state index in [0.717, 1.165) is 36.1 Å². The molecule has 1 heterocycles. The number of nitrogens with zero attached hydrogens (tertiary/aromatic N) is 2. The zero-order chi connectivity index (χ0) is 10.6. The third-order valence-electron chi connectivity index (χ3n) is 3.24. The Balaban J connectivity index is 2.14. The van der Waals surface area contributed by atoms with Crippen molar-refractivity contribution in [2.45, 2.75) is 44.4 Å². The lowest BCUT2D eigenvalue weighted by Gasteiger charge is -2.11. The average molecular weight is 206 g/mol. The minimum atomic E-state index is 0.108. The Bertz CT molecular complexity index is 387. The Labute approximate surface area is 88.2 Å². The van der Waals surface area contributed by atoms with Crippen LogP contribution in [0.5, 0.6) is 5.75 Å². The number of aromatic hydroxyl groups is 1. The summed E-state index contributed by atoms with van der Waals surface area (Å²) in [6.07, 6.45) is 4.30. The van der Waals surface area contributed by atoms with E-state index in [1.807, 2.05) is 0 Å². The van der Waals surface area contributed by atoms with Gasteiger partial charge in [0.15, 0.2) is 0 Å². The first-order valence-corrected chi connectivity index (χ1v) is 5.51. The standard InChI is InChI=1S/C11H14N2O2/c1-6-10(14)9(7-2-3-7)12-11(13(6)15)8-4-5-8/h7-8,14H,2-5H2,1H3. The van der Waals surface area contributed by atoms with E-state index < -0.39 is 0 Å². The van der Waals surface area contributed by atoms with Crippen molar-refractivity contribution in [3.05, 3.63) is 22.4 Å². The van der Waals surface area contributed by atoms with Crippen LogP contribution in [-0.4, -0.2) is 10.1 Å². The molecule has 0 saturated heterocycles. The largest absolute Gasteiger partial charge is 0.710 e. The van der Waals surface area contributed by atoms with Gasteiger partial charge in [-0.1, -0.05) is 0 Å². The van der Waals surface area contributed by atoms with Crippen molar-refractivity contribution in [3.8, 4) is 5.75 Å². The van der Waals surface area contributed by atoms with Crippen LogP contribution in [0.1, 0.15) is 54.7 Å². The Morgan fingerprint density at radius 1 is 1.27 bits per heavy atom. The molecule has 2 aliphatic rings. The molecule has 4 heteroatoms. The molecule has 15 heavy (non-hydrogen) atoms. The Morgan fingerprint density at radius 2 is 1.87 bits per heavy atom. The number of aromatic nitrogens is 2. The average Bonchev–Trinajstić information content (AvgIpc) is 3.02. The van der Waals surface area contributed by atoms with Gasteiger partial charge in [0.1, 0.15) is 5.69 Å². The first-order chi connectivity index (χ1) is 7.18. The Kier molecular flexibility index (Phi) is 1.69. The zero-order valence-corrected chi connectivity index (χ0v) is 8.73. The maximum Gasteiger partial charge on any atom is 0.305 e. The maximum atomic E-state index is 11.8. The maximum absolute atomic E-state index is 11.8. The fourth-order valence-corrected chi connectivity index (χ4v) is 1.92. The van der Waals surface area contributed by atoms with Gasteiger partial charge in [0, 0.05) is 12.8 Å². The molecule has 2 fully saturated rings. The minimum Gasteiger partial charge on any atom is -0.710 e. The van der Waals surface area contributed by atoms with Crippen molar-refractivity contribution in [2.75, 3.05) is 0 Å². The molecule has 0 aliphatic heterocycles. The molecule has 0 aromatic carbocycles. The van der Waals surface area contributed by atoms with Crippen LogP contribution >= 0.6 is 0 Å². The van der Waals surface area contributed by atoms with Crippen LogP contribution < -0.4 is 4.73 Å². The molecule has 2 saturated carbocycles. The van der Waals surface area contributed by atoms with Gasteiger partial charge in [-0.2, -0.15) is 0 Å². The van der Waals surface area contributed by atoms with Crippen molar-refractivity contribution in [2.24, 2.45) is 0 Å². The summed E-state index contributed by atoms with van der Waals surface area (Å²) in [4.78, 5) is 4.36. The molecule has 1 aromatic heterocycles. The van der Waals surface area contributed by atoms with Crippen LogP contribution in [0.4, 0.5) is 0 Å². The second-order valence-electron chi connectivity index (χ2n) is 4.63. The smallest absolute Gasteiger partial charge is 0.305 e. The number of hydrogen-bond donors (Lipinski definition) is 1. The van der Waals surface area contributed by atoms with Crippen LogP contribution in [0.2, 0.25) is 0 Å². The van der Waals surface area contributed by atoms with E-state index in [9.17, 15) is 10.3 Å². The van der Waals surface area contributed by atoms with Gasteiger partial charge in [-0.05, 0) is 30.7 Å². The summed E-state index contributed by atoms with van der Waals surface area (Å²) in [6, 6.07) is 0. The summed E-state index contributed by atoms with van der Waals surface area (Å²) in [5.74, 6) is 1.45. The molecule has 0 radical (unpaired) electrons. The lowest BCUT2D eigenvalue weighted by Crippen LogP contribution is -2.37. The van der Waals surface area contributed by atoms with Gasteiger partial charge in [-0.25, -0.2) is 4.73 Å². The SMILES string of the molecule is Cc1c(O)c(C2CC2)nc(C2CC2)[n+]1[O-]. The molecule has 2 aliphatic carbocycles. The van der Waals surface area contributed by atoms with Crippen molar-refractivity contribution in [1.82, 2.24) is 4.98 Å². The Hall–Kier alpha value is -1.32. The second kappa shape index (κ2) is 2.84. The molecule has 80 valence electrons. The van der Waals surface area contributed by atoms with E-state index in [1.165, 1.54) is 0 Å². The summed E-state index contributed by atoms with van der Waals surface area (Å²) < 4.78 is 0.804. The molecule has 3 rings (SSSR count). The number of hydrogen-bond acceptors (Lipinski definition) is 3. The minimum absolute atomic E-state index is 0.108. The quantitative estimate of drug-likeness (QED) is 0.589. The molecule has 0 bridgehead atoms. The van der Waals surface area contributed by atoms with E-state index in [4.69, 9.17) is 0 Å². The lowest BCUT2D eigenvalue weighted by molar-refractivity contribution is -0.625. The molecule has 0 unspecified atom stereocenters. The predicted octanol–water partition coefficient (Wildman–Crippen LogP) is 1.48. The molecular weight excluding hydrogens is 192 g/mol. The monoisotopic (exact) mass is 206 g/mol. The van der Waals surface area contributed by atoms with E-state index in [1.54, 1.807) is 6.92 Å². The van der Waals surface area contributed by atoms with Gasteiger partial charge in [0.25, 0.3) is 0 Å². The summed E-state index contributed by atoms with van der Waals surface area (Å²) in [5, 5.41) is 21.6. The normalized spacial score (nSPS) is 20.6. The highest BCUT2D eigenvalue weighted by atomic mass is 16.5. The van der Waals surface area contributed by atoms with Gasteiger partial charge >= 0.3 is 5.82 Å². The molecule has 4 nitrogen and oxygen atoms in total. The first kappa shape index (κ1) is 8.95. The Morgan fingerprint density at radius 3 is 2.40 bits per heavy atom. The molecule has 1 aromatic rings. The predicted molar refractivity (Wildman–Crippen MR) is 53.5 cm³/mol. The van der Waals surface area contributed by atoms with E-state index >= 15 is 0 Å². The highest BCUT2D eigenvalue weighted by Gasteiger charge is 2.39. The lowest BCUT2D eigenvalue weighted by atomic mass is 10.2. The van der Waals surface area contributed by atoms with Crippen LogP contribution in [-0.2, 0) is 0 Å². The van der Waals surface area contributed by atoms with Gasteiger partial charge in [0.2, 0.25) is 11.4 Å². The van der Waals surface area contributed by atoms with E-state index in [-0.39, 0.29) is 5.75 Å². The van der Waals surface area contributed by atoms with E-state index in [2.05, 4.69) is 4.98 Å². The summed E-state index contributed by atoms with van der Waals surface area (Å²) in [6.45, 7) is 1.67. The van der Waals surface area contributed by atoms with Crippen LogP contribution in [0, 0.1) is 12.1 Å². The summed E-state index contributed by atoms with van der Waals surface area (Å²) in [7, 11) is 0. The van der Waals surface area contributed by atoms with Crippen molar-refractivity contribution in [1.29, 1.82) is 0 Å². The van der Waals surface area contributed by atoms with Crippen molar-refractivity contribution < 1.29 is 9.84 Å². The highest BCUT2D eigenvalue weighted by Crippen LogP contribution is 2.45. The zero-order valence-electron chi connectivity index (χ0n) is 8.73. The third-order valence-corrected chi connectivity index (χ3v) is 3.24. The van der Waals surface area contributed by atoms with Crippen molar-refractivity contribution in [3.63, 3.8) is 0 Å². The van der Waals surface area contributed by atoms with Crippen molar-refractivity contribution >= 4 is 0 Å². The first-order valence-electron chi connectivity index (χ1n) is 5.51. The summed E-state index contributed by atoms with van der Waals surface area (Å²) in [5.41, 5.74) is 1.16. The summed E-state index contributed by atoms with van der Waals surface area (Å²) >= 11 is 0. The van der Waals surface area contributed by atoms with Gasteiger partial charge in [-0.15, -0.1) is 0 Å². The third kappa shape index (κ3) is 1.35. The van der Waals surface area contributed by atoms with E-state index in [0.29, 0.717) is 23.4 Å². The van der Waals surface area contributed by atoms with Gasteiger partial charge in [-0.3, -0.25) is 0 Å². The fourth-order valence-electron chi connectivity index (χ4n) is 1.92. The molecule has 0 amide bonds. The second-order valence-corrected chi connectivity index (χ2v) is 4.63. The van der Waals surface area contributed by atoms with Gasteiger partial charge < -0.3 is 10.3 Å².